The van der Waals surface area contributed by atoms with Crippen molar-refractivity contribution in [3.05, 3.63) is 42.1 Å². The molecule has 2 aromatic rings. The summed E-state index contributed by atoms with van der Waals surface area (Å²) in [5.74, 6) is 0.376. The lowest BCUT2D eigenvalue weighted by Gasteiger charge is -2.21. The van der Waals surface area contributed by atoms with Crippen LogP contribution in [0.25, 0.3) is 11.3 Å². The zero-order chi connectivity index (χ0) is 16.1. The van der Waals surface area contributed by atoms with Gasteiger partial charge in [0.25, 0.3) is 5.91 Å². The molecule has 1 heterocycles. The van der Waals surface area contributed by atoms with Gasteiger partial charge in [0.1, 0.15) is 0 Å². The van der Waals surface area contributed by atoms with Crippen molar-refractivity contribution in [2.75, 3.05) is 13.6 Å². The lowest BCUT2D eigenvalue weighted by atomic mass is 10.0. The lowest BCUT2D eigenvalue weighted by Crippen LogP contribution is -2.34. The number of halogens is 1. The van der Waals surface area contributed by atoms with Gasteiger partial charge in [-0.15, -0.1) is 12.4 Å². The van der Waals surface area contributed by atoms with E-state index in [0.29, 0.717) is 18.0 Å². The fraction of sp³-hybridized carbons (Fsp3) is 0.412. The van der Waals surface area contributed by atoms with Crippen LogP contribution in [0, 0.1) is 5.92 Å². The quantitative estimate of drug-likeness (QED) is 0.851. The molecule has 1 atom stereocenters. The summed E-state index contributed by atoms with van der Waals surface area (Å²) < 4.78 is 0. The highest BCUT2D eigenvalue weighted by Crippen LogP contribution is 2.21. The van der Waals surface area contributed by atoms with Crippen molar-refractivity contribution in [3.8, 4) is 11.3 Å². The maximum absolute atomic E-state index is 12.6. The molecule has 0 aliphatic rings. The molecule has 0 aliphatic carbocycles. The first-order valence-corrected chi connectivity index (χ1v) is 7.60. The summed E-state index contributed by atoms with van der Waals surface area (Å²) in [6, 6.07) is 9.85. The number of hydrogen-bond donors (Lipinski definition) is 2. The Balaban J connectivity index is 0.00000264. The van der Waals surface area contributed by atoms with Crippen LogP contribution in [-0.2, 0) is 0 Å². The summed E-state index contributed by atoms with van der Waals surface area (Å²) >= 11 is 0. The topological polar surface area (TPSA) is 75.0 Å². The molecule has 0 radical (unpaired) electrons. The second-order valence-electron chi connectivity index (χ2n) is 5.95. The van der Waals surface area contributed by atoms with Gasteiger partial charge in [0.2, 0.25) is 0 Å². The molecule has 5 nitrogen and oxygen atoms in total. The molecule has 3 N–H and O–H groups in total. The number of H-pyrrole nitrogens is 1. The van der Waals surface area contributed by atoms with E-state index in [1.165, 1.54) is 0 Å². The van der Waals surface area contributed by atoms with Gasteiger partial charge in [-0.2, -0.15) is 5.10 Å². The molecule has 0 bridgehead atoms. The van der Waals surface area contributed by atoms with Gasteiger partial charge in [-0.05, 0) is 12.3 Å². The number of aromatic nitrogens is 2. The highest BCUT2D eigenvalue weighted by molar-refractivity contribution is 5.99. The average Bonchev–Trinajstić information content (AvgIpc) is 3.01. The first kappa shape index (κ1) is 19.2. The van der Waals surface area contributed by atoms with Crippen LogP contribution in [0.2, 0.25) is 0 Å². The molecule has 0 saturated heterocycles. The second kappa shape index (κ2) is 8.70. The minimum atomic E-state index is -0.0384. The van der Waals surface area contributed by atoms with E-state index in [9.17, 15) is 4.79 Å². The van der Waals surface area contributed by atoms with E-state index in [4.69, 9.17) is 5.73 Å². The van der Waals surface area contributed by atoms with Crippen molar-refractivity contribution in [1.29, 1.82) is 0 Å². The molecule has 1 aromatic carbocycles. The van der Waals surface area contributed by atoms with Crippen molar-refractivity contribution in [1.82, 2.24) is 15.1 Å². The molecule has 126 valence electrons. The van der Waals surface area contributed by atoms with E-state index < -0.39 is 0 Å². The van der Waals surface area contributed by atoms with Crippen molar-refractivity contribution in [3.63, 3.8) is 0 Å². The number of carbonyl (C=O) groups is 1. The summed E-state index contributed by atoms with van der Waals surface area (Å²) in [5, 5.41) is 6.95. The number of nitrogens with two attached hydrogens (primary N) is 1. The number of aromatic amines is 1. The second-order valence-corrected chi connectivity index (χ2v) is 5.95. The van der Waals surface area contributed by atoms with Crippen LogP contribution in [0.1, 0.15) is 30.6 Å². The van der Waals surface area contributed by atoms with Crippen LogP contribution in [0.3, 0.4) is 0 Å². The smallest absolute Gasteiger partial charge is 0.257 e. The number of amides is 1. The van der Waals surface area contributed by atoms with E-state index in [-0.39, 0.29) is 24.4 Å². The van der Waals surface area contributed by atoms with E-state index in [2.05, 4.69) is 24.0 Å². The van der Waals surface area contributed by atoms with E-state index in [1.54, 1.807) is 18.1 Å². The maximum atomic E-state index is 12.6. The molecule has 0 fully saturated rings. The summed E-state index contributed by atoms with van der Waals surface area (Å²) in [6.45, 7) is 4.82. The molecule has 0 aliphatic heterocycles. The molecule has 2 rings (SSSR count). The number of nitrogens with one attached hydrogen (secondary N) is 1. The fourth-order valence-corrected chi connectivity index (χ4v) is 2.26. The highest BCUT2D eigenvalue weighted by atomic mass is 35.5. The van der Waals surface area contributed by atoms with Crippen LogP contribution in [0.5, 0.6) is 0 Å². The molecule has 1 amide bonds. The SMILES string of the molecule is CC(C)C(N)CCN(C)C(=O)c1cn[nH]c1-c1ccccc1.Cl. The van der Waals surface area contributed by atoms with Crippen LogP contribution < -0.4 is 5.73 Å². The Labute approximate surface area is 143 Å². The number of hydrogen-bond acceptors (Lipinski definition) is 3. The standard InChI is InChI=1S/C17H24N4O.ClH/c1-12(2)15(18)9-10-21(3)17(22)14-11-19-20-16(14)13-7-5-4-6-8-13;/h4-8,11-12,15H,9-10,18H2,1-3H3,(H,19,20);1H. The van der Waals surface area contributed by atoms with Gasteiger partial charge in [0.15, 0.2) is 0 Å². The molecular formula is C17H25ClN4O. The normalized spacial score (nSPS) is 11.9. The third-order valence-electron chi connectivity index (χ3n) is 3.93. The largest absolute Gasteiger partial charge is 0.342 e. The van der Waals surface area contributed by atoms with E-state index in [0.717, 1.165) is 17.7 Å². The fourth-order valence-electron chi connectivity index (χ4n) is 2.26. The Kier molecular flexibility index (Phi) is 7.26. The monoisotopic (exact) mass is 336 g/mol. The van der Waals surface area contributed by atoms with Crippen LogP contribution in [0.4, 0.5) is 0 Å². The molecule has 1 aromatic heterocycles. The number of benzene rings is 1. The van der Waals surface area contributed by atoms with E-state index in [1.807, 2.05) is 30.3 Å². The maximum Gasteiger partial charge on any atom is 0.257 e. The lowest BCUT2D eigenvalue weighted by molar-refractivity contribution is 0.0790. The third-order valence-corrected chi connectivity index (χ3v) is 3.93. The predicted molar refractivity (Wildman–Crippen MR) is 95.7 cm³/mol. The van der Waals surface area contributed by atoms with Crippen LogP contribution in [-0.4, -0.2) is 40.6 Å². The molecule has 6 heteroatoms. The average molecular weight is 337 g/mol. The Hall–Kier alpha value is -1.85. The number of carbonyl (C=O) groups excluding carboxylic acids is 1. The van der Waals surface area contributed by atoms with Gasteiger partial charge in [-0.3, -0.25) is 9.89 Å². The van der Waals surface area contributed by atoms with Gasteiger partial charge in [0.05, 0.1) is 17.5 Å². The van der Waals surface area contributed by atoms with Crippen molar-refractivity contribution >= 4 is 18.3 Å². The van der Waals surface area contributed by atoms with Crippen LogP contribution >= 0.6 is 12.4 Å². The first-order valence-electron chi connectivity index (χ1n) is 7.60. The highest BCUT2D eigenvalue weighted by Gasteiger charge is 2.19. The Bertz CT molecular complexity index is 612. The Morgan fingerprint density at radius 3 is 2.57 bits per heavy atom. The van der Waals surface area contributed by atoms with Crippen molar-refractivity contribution in [2.45, 2.75) is 26.3 Å². The first-order chi connectivity index (χ1) is 10.5. The predicted octanol–water partition coefficient (Wildman–Crippen LogP) is 2.94. The molecule has 0 spiro atoms. The van der Waals surface area contributed by atoms with Crippen molar-refractivity contribution in [2.24, 2.45) is 11.7 Å². The molecule has 23 heavy (non-hydrogen) atoms. The zero-order valence-corrected chi connectivity index (χ0v) is 14.6. The van der Waals surface area contributed by atoms with Gasteiger partial charge in [-0.25, -0.2) is 0 Å². The summed E-state index contributed by atoms with van der Waals surface area (Å²) in [6.07, 6.45) is 2.38. The summed E-state index contributed by atoms with van der Waals surface area (Å²) in [5.41, 5.74) is 8.35. The Morgan fingerprint density at radius 1 is 1.30 bits per heavy atom. The molecular weight excluding hydrogens is 312 g/mol. The minimum Gasteiger partial charge on any atom is -0.342 e. The Morgan fingerprint density at radius 2 is 1.96 bits per heavy atom. The van der Waals surface area contributed by atoms with Crippen molar-refractivity contribution < 1.29 is 4.79 Å². The van der Waals surface area contributed by atoms with Gasteiger partial charge >= 0.3 is 0 Å². The zero-order valence-electron chi connectivity index (χ0n) is 13.8. The summed E-state index contributed by atoms with van der Waals surface area (Å²) in [7, 11) is 1.80. The van der Waals surface area contributed by atoms with Gasteiger partial charge < -0.3 is 10.6 Å². The summed E-state index contributed by atoms with van der Waals surface area (Å²) in [4.78, 5) is 14.3. The van der Waals surface area contributed by atoms with Gasteiger partial charge in [0, 0.05) is 25.2 Å². The van der Waals surface area contributed by atoms with E-state index >= 15 is 0 Å². The van der Waals surface area contributed by atoms with Crippen LogP contribution in [0.15, 0.2) is 36.5 Å². The molecule has 1 unspecified atom stereocenters. The number of rotatable bonds is 6. The molecule has 0 saturated carbocycles. The van der Waals surface area contributed by atoms with Gasteiger partial charge in [-0.1, -0.05) is 44.2 Å². The number of nitrogens with zero attached hydrogens (tertiary/aromatic N) is 2. The minimum absolute atomic E-state index is 0. The third kappa shape index (κ3) is 4.81.